The van der Waals surface area contributed by atoms with Gasteiger partial charge < -0.3 is 15.4 Å². The number of amides is 2. The van der Waals surface area contributed by atoms with Crippen LogP contribution in [0.5, 0.6) is 0 Å². The standard InChI is InChI=1S/C23H28N2O4/c1-5-15(2)20-8-6-7-9-21(20)25-22(27)16(3)29-23(28)19-12-10-18(11-13-19)14-24-17(4)26/h6-13,15-16H,5,14H2,1-4H3,(H,24,26)(H,25,27). The number of benzene rings is 2. The molecule has 2 atom stereocenters. The first-order chi connectivity index (χ1) is 13.8. The molecule has 0 saturated heterocycles. The number of hydrogen-bond donors (Lipinski definition) is 2. The second-order valence-corrected chi connectivity index (χ2v) is 7.04. The number of esters is 1. The van der Waals surface area contributed by atoms with E-state index in [2.05, 4.69) is 24.5 Å². The lowest BCUT2D eigenvalue weighted by Gasteiger charge is -2.18. The molecule has 6 heteroatoms. The van der Waals surface area contributed by atoms with Gasteiger partial charge in [-0.2, -0.15) is 0 Å². The van der Waals surface area contributed by atoms with Gasteiger partial charge in [0, 0.05) is 19.2 Å². The molecule has 0 heterocycles. The highest BCUT2D eigenvalue weighted by Crippen LogP contribution is 2.26. The highest BCUT2D eigenvalue weighted by Gasteiger charge is 2.20. The van der Waals surface area contributed by atoms with E-state index in [1.54, 1.807) is 31.2 Å². The average Bonchev–Trinajstić information content (AvgIpc) is 2.72. The van der Waals surface area contributed by atoms with Gasteiger partial charge in [0.25, 0.3) is 5.91 Å². The molecular weight excluding hydrogens is 368 g/mol. The summed E-state index contributed by atoms with van der Waals surface area (Å²) < 4.78 is 5.31. The van der Waals surface area contributed by atoms with Crippen LogP contribution in [0.15, 0.2) is 48.5 Å². The summed E-state index contributed by atoms with van der Waals surface area (Å²) in [5.41, 5.74) is 2.99. The second kappa shape index (κ2) is 10.4. The summed E-state index contributed by atoms with van der Waals surface area (Å²) in [6.45, 7) is 7.57. The molecule has 0 bridgehead atoms. The first-order valence-corrected chi connectivity index (χ1v) is 9.76. The zero-order valence-corrected chi connectivity index (χ0v) is 17.3. The van der Waals surface area contributed by atoms with Crippen molar-refractivity contribution >= 4 is 23.5 Å². The van der Waals surface area contributed by atoms with E-state index < -0.39 is 12.1 Å². The maximum Gasteiger partial charge on any atom is 0.338 e. The van der Waals surface area contributed by atoms with Gasteiger partial charge in [0.05, 0.1) is 5.56 Å². The second-order valence-electron chi connectivity index (χ2n) is 7.04. The van der Waals surface area contributed by atoms with Crippen LogP contribution < -0.4 is 10.6 Å². The lowest BCUT2D eigenvalue weighted by atomic mass is 9.97. The molecule has 2 unspecified atom stereocenters. The van der Waals surface area contributed by atoms with Crippen molar-refractivity contribution in [3.8, 4) is 0 Å². The fourth-order valence-corrected chi connectivity index (χ4v) is 2.76. The lowest BCUT2D eigenvalue weighted by molar-refractivity contribution is -0.123. The van der Waals surface area contributed by atoms with Gasteiger partial charge in [-0.25, -0.2) is 4.79 Å². The minimum atomic E-state index is -0.938. The van der Waals surface area contributed by atoms with Gasteiger partial charge >= 0.3 is 5.97 Å². The summed E-state index contributed by atoms with van der Waals surface area (Å²) in [6.07, 6.45) is 0.0153. The molecule has 6 nitrogen and oxygen atoms in total. The molecule has 0 spiro atoms. The fourth-order valence-electron chi connectivity index (χ4n) is 2.76. The summed E-state index contributed by atoms with van der Waals surface area (Å²) in [5, 5.41) is 5.55. The van der Waals surface area contributed by atoms with Crippen LogP contribution in [0.4, 0.5) is 5.69 Å². The molecule has 0 aromatic heterocycles. The summed E-state index contributed by atoms with van der Waals surface area (Å²) in [6, 6.07) is 14.3. The van der Waals surface area contributed by atoms with Gasteiger partial charge in [0.1, 0.15) is 0 Å². The largest absolute Gasteiger partial charge is 0.449 e. The van der Waals surface area contributed by atoms with E-state index in [0.29, 0.717) is 18.0 Å². The molecule has 29 heavy (non-hydrogen) atoms. The van der Waals surface area contributed by atoms with Crippen molar-refractivity contribution in [1.82, 2.24) is 5.32 Å². The Morgan fingerprint density at radius 2 is 1.66 bits per heavy atom. The van der Waals surface area contributed by atoms with E-state index in [1.807, 2.05) is 24.3 Å². The van der Waals surface area contributed by atoms with Gasteiger partial charge in [-0.15, -0.1) is 0 Å². The number of nitrogens with one attached hydrogen (secondary N) is 2. The predicted octanol–water partition coefficient (Wildman–Crippen LogP) is 4.02. The Hall–Kier alpha value is -3.15. The molecule has 2 rings (SSSR count). The number of carbonyl (C=O) groups excluding carboxylic acids is 3. The van der Waals surface area contributed by atoms with Gasteiger partial charge in [-0.05, 0) is 48.6 Å². The topological polar surface area (TPSA) is 84.5 Å². The van der Waals surface area contributed by atoms with E-state index >= 15 is 0 Å². The molecule has 2 aromatic carbocycles. The van der Waals surface area contributed by atoms with E-state index in [-0.39, 0.29) is 11.8 Å². The molecule has 2 N–H and O–H groups in total. The van der Waals surface area contributed by atoms with E-state index in [1.165, 1.54) is 6.92 Å². The van der Waals surface area contributed by atoms with Gasteiger partial charge in [-0.3, -0.25) is 9.59 Å². The summed E-state index contributed by atoms with van der Waals surface area (Å²) >= 11 is 0. The Kier molecular flexibility index (Phi) is 7.95. The molecule has 2 amide bonds. The minimum absolute atomic E-state index is 0.122. The monoisotopic (exact) mass is 396 g/mol. The molecule has 0 radical (unpaired) electrons. The normalized spacial score (nSPS) is 12.6. The van der Waals surface area contributed by atoms with Gasteiger partial charge in [0.2, 0.25) is 5.91 Å². The molecule has 154 valence electrons. The van der Waals surface area contributed by atoms with Crippen molar-refractivity contribution in [3.05, 3.63) is 65.2 Å². The number of carbonyl (C=O) groups is 3. The van der Waals surface area contributed by atoms with E-state index in [4.69, 9.17) is 4.74 Å². The lowest BCUT2D eigenvalue weighted by Crippen LogP contribution is -2.30. The SMILES string of the molecule is CCC(C)c1ccccc1NC(=O)C(C)OC(=O)c1ccc(CNC(C)=O)cc1. The third-order valence-corrected chi connectivity index (χ3v) is 4.75. The molecule has 0 aliphatic rings. The van der Waals surface area contributed by atoms with Crippen LogP contribution in [0.25, 0.3) is 0 Å². The van der Waals surface area contributed by atoms with Crippen LogP contribution >= 0.6 is 0 Å². The minimum Gasteiger partial charge on any atom is -0.449 e. The highest BCUT2D eigenvalue weighted by molar-refractivity contribution is 5.97. The zero-order chi connectivity index (χ0) is 21.4. The van der Waals surface area contributed by atoms with Crippen LogP contribution in [0.1, 0.15) is 61.5 Å². The van der Waals surface area contributed by atoms with Crippen molar-refractivity contribution in [3.63, 3.8) is 0 Å². The smallest absolute Gasteiger partial charge is 0.338 e. The summed E-state index contributed by atoms with van der Waals surface area (Å²) in [4.78, 5) is 35.8. The quantitative estimate of drug-likeness (QED) is 0.660. The van der Waals surface area contributed by atoms with Crippen LogP contribution in [0.3, 0.4) is 0 Å². The van der Waals surface area contributed by atoms with Crippen LogP contribution in [-0.2, 0) is 20.9 Å². The number of hydrogen-bond acceptors (Lipinski definition) is 4. The Morgan fingerprint density at radius 3 is 2.28 bits per heavy atom. The molecule has 0 aliphatic heterocycles. The Balaban J connectivity index is 1.97. The van der Waals surface area contributed by atoms with Gasteiger partial charge in [-0.1, -0.05) is 44.2 Å². The number of para-hydroxylation sites is 1. The highest BCUT2D eigenvalue weighted by atomic mass is 16.5. The Bertz CT molecular complexity index is 861. The summed E-state index contributed by atoms with van der Waals surface area (Å²) in [7, 11) is 0. The molecule has 0 fully saturated rings. The van der Waals surface area contributed by atoms with E-state index in [9.17, 15) is 14.4 Å². The first-order valence-electron chi connectivity index (χ1n) is 9.76. The van der Waals surface area contributed by atoms with Gasteiger partial charge in [0.15, 0.2) is 6.10 Å². The average molecular weight is 396 g/mol. The predicted molar refractivity (Wildman–Crippen MR) is 113 cm³/mol. The molecule has 0 saturated carbocycles. The number of ether oxygens (including phenoxy) is 1. The Labute approximate surface area is 171 Å². The first kappa shape index (κ1) is 22.1. The number of rotatable bonds is 8. The van der Waals surface area contributed by atoms with Crippen molar-refractivity contribution in [1.29, 1.82) is 0 Å². The number of anilines is 1. The van der Waals surface area contributed by atoms with E-state index in [0.717, 1.165) is 23.2 Å². The van der Waals surface area contributed by atoms with Crippen molar-refractivity contribution in [2.45, 2.75) is 52.7 Å². The maximum absolute atomic E-state index is 12.5. The molecule has 0 aliphatic carbocycles. The van der Waals surface area contributed by atoms with Crippen molar-refractivity contribution in [2.24, 2.45) is 0 Å². The van der Waals surface area contributed by atoms with Crippen molar-refractivity contribution in [2.75, 3.05) is 5.32 Å². The Morgan fingerprint density at radius 1 is 1.00 bits per heavy atom. The third kappa shape index (κ3) is 6.45. The maximum atomic E-state index is 12.5. The molecule has 2 aromatic rings. The summed E-state index contributed by atoms with van der Waals surface area (Å²) in [5.74, 6) is -0.770. The third-order valence-electron chi connectivity index (χ3n) is 4.75. The van der Waals surface area contributed by atoms with Crippen LogP contribution in [-0.4, -0.2) is 23.9 Å². The van der Waals surface area contributed by atoms with Crippen LogP contribution in [0.2, 0.25) is 0 Å². The molecular formula is C23H28N2O4. The fraction of sp³-hybridized carbons (Fsp3) is 0.348. The van der Waals surface area contributed by atoms with Crippen molar-refractivity contribution < 1.29 is 19.1 Å². The van der Waals surface area contributed by atoms with Crippen LogP contribution in [0, 0.1) is 0 Å². The zero-order valence-electron chi connectivity index (χ0n) is 17.3.